The number of likely N-dealkylation sites (tertiary alicyclic amines) is 1. The zero-order valence-electron chi connectivity index (χ0n) is 19.8. The van der Waals surface area contributed by atoms with E-state index >= 15 is 0 Å². The van der Waals surface area contributed by atoms with Gasteiger partial charge >= 0.3 is 0 Å². The number of nitrogens with zero attached hydrogens (tertiary/aromatic N) is 2. The number of anilines is 1. The van der Waals surface area contributed by atoms with Crippen molar-refractivity contribution in [3.63, 3.8) is 0 Å². The minimum atomic E-state index is -0.572. The van der Waals surface area contributed by atoms with E-state index < -0.39 is 4.92 Å². The van der Waals surface area contributed by atoms with Gasteiger partial charge in [0, 0.05) is 43.2 Å². The van der Waals surface area contributed by atoms with Crippen molar-refractivity contribution in [3.05, 3.63) is 27.8 Å². The van der Waals surface area contributed by atoms with Crippen LogP contribution in [0.25, 0.3) is 0 Å². The third kappa shape index (κ3) is 4.62. The highest BCUT2D eigenvalue weighted by atomic mass is 16.6. The molecule has 0 radical (unpaired) electrons. The van der Waals surface area contributed by atoms with E-state index in [4.69, 9.17) is 4.74 Å². The molecule has 1 aromatic rings. The highest BCUT2D eigenvalue weighted by Gasteiger charge is 2.42. The lowest BCUT2D eigenvalue weighted by Gasteiger charge is -2.47. The van der Waals surface area contributed by atoms with Gasteiger partial charge in [0.1, 0.15) is 11.4 Å². The Morgan fingerprint density at radius 1 is 1.06 bits per heavy atom. The molecule has 4 aliphatic rings. The lowest BCUT2D eigenvalue weighted by molar-refractivity contribution is -0.384. The van der Waals surface area contributed by atoms with Gasteiger partial charge in [-0.2, -0.15) is 0 Å². The maximum absolute atomic E-state index is 13.2. The molecular weight excluding hydrogens is 436 g/mol. The molecule has 0 unspecified atom stereocenters. The first-order chi connectivity index (χ1) is 16.4. The summed E-state index contributed by atoms with van der Waals surface area (Å²) in [6, 6.07) is 3.24. The molecule has 1 aromatic carbocycles. The number of carbonyl (C=O) groups is 2. The number of rotatable bonds is 7. The maximum atomic E-state index is 13.2. The number of carbonyl (C=O) groups excluding carboxylic acids is 2. The third-order valence-corrected chi connectivity index (χ3v) is 8.21. The van der Waals surface area contributed by atoms with Gasteiger partial charge in [0.25, 0.3) is 11.6 Å². The van der Waals surface area contributed by atoms with Gasteiger partial charge in [0.2, 0.25) is 5.91 Å². The summed E-state index contributed by atoms with van der Waals surface area (Å²) in [7, 11) is 1.42. The number of nitro groups is 1. The van der Waals surface area contributed by atoms with E-state index in [0.29, 0.717) is 6.04 Å². The zero-order valence-corrected chi connectivity index (χ0v) is 19.8. The number of nitrogens with one attached hydrogen (secondary N) is 2. The quantitative estimate of drug-likeness (QED) is 0.464. The third-order valence-electron chi connectivity index (χ3n) is 8.21. The minimum Gasteiger partial charge on any atom is -0.496 e. The van der Waals surface area contributed by atoms with E-state index in [1.165, 1.54) is 57.8 Å². The summed E-state index contributed by atoms with van der Waals surface area (Å²) >= 11 is 0. The Labute approximate surface area is 199 Å². The van der Waals surface area contributed by atoms with Crippen molar-refractivity contribution in [1.29, 1.82) is 0 Å². The molecule has 1 saturated heterocycles. The van der Waals surface area contributed by atoms with Crippen LogP contribution in [0.4, 0.5) is 11.4 Å². The number of nitro benzene ring substituents is 1. The number of methoxy groups -OCH3 is 1. The average molecular weight is 471 g/mol. The summed E-state index contributed by atoms with van der Waals surface area (Å²) in [5, 5.41) is 17.4. The predicted molar refractivity (Wildman–Crippen MR) is 127 cm³/mol. The van der Waals surface area contributed by atoms with Gasteiger partial charge in [0.15, 0.2) is 0 Å². The Kier molecular flexibility index (Phi) is 6.46. The fraction of sp³-hybridized carbons (Fsp3) is 0.680. The van der Waals surface area contributed by atoms with Crippen molar-refractivity contribution in [1.82, 2.24) is 10.2 Å². The summed E-state index contributed by atoms with van der Waals surface area (Å²) in [5.41, 5.74) is -0.124. The maximum Gasteiger partial charge on any atom is 0.293 e. The van der Waals surface area contributed by atoms with Crippen LogP contribution in [0, 0.1) is 27.9 Å². The smallest absolute Gasteiger partial charge is 0.293 e. The minimum absolute atomic E-state index is 0.00756. The summed E-state index contributed by atoms with van der Waals surface area (Å²) in [6.45, 7) is 1.80. The summed E-state index contributed by atoms with van der Waals surface area (Å²) in [4.78, 5) is 39.0. The largest absolute Gasteiger partial charge is 0.496 e. The van der Waals surface area contributed by atoms with Gasteiger partial charge in [-0.1, -0.05) is 12.8 Å². The second-order valence-corrected chi connectivity index (χ2v) is 10.4. The van der Waals surface area contributed by atoms with Gasteiger partial charge in [-0.15, -0.1) is 0 Å². The molecule has 34 heavy (non-hydrogen) atoms. The molecule has 2 N–H and O–H groups in total. The van der Waals surface area contributed by atoms with Gasteiger partial charge in [-0.05, 0) is 56.8 Å². The van der Waals surface area contributed by atoms with Gasteiger partial charge in [0.05, 0.1) is 17.6 Å². The Morgan fingerprint density at radius 3 is 2.32 bits per heavy atom. The van der Waals surface area contributed by atoms with Crippen molar-refractivity contribution in [2.24, 2.45) is 17.8 Å². The number of ether oxygens (including phenoxy) is 1. The molecule has 3 aliphatic carbocycles. The van der Waals surface area contributed by atoms with Crippen LogP contribution < -0.4 is 15.4 Å². The van der Waals surface area contributed by atoms with E-state index in [0.717, 1.165) is 44.2 Å². The van der Waals surface area contributed by atoms with E-state index in [9.17, 15) is 19.7 Å². The molecule has 9 nitrogen and oxygen atoms in total. The molecule has 1 heterocycles. The highest BCUT2D eigenvalue weighted by Crippen LogP contribution is 2.43. The van der Waals surface area contributed by atoms with Crippen LogP contribution in [0.15, 0.2) is 12.1 Å². The number of amides is 2. The van der Waals surface area contributed by atoms with Crippen molar-refractivity contribution in [3.8, 4) is 5.75 Å². The first-order valence-corrected chi connectivity index (χ1v) is 12.7. The Bertz CT molecular complexity index is 956. The van der Waals surface area contributed by atoms with Crippen LogP contribution in [0.5, 0.6) is 5.75 Å². The molecule has 1 aliphatic heterocycles. The van der Waals surface area contributed by atoms with Crippen LogP contribution >= 0.6 is 0 Å². The molecule has 4 fully saturated rings. The molecule has 0 aromatic heterocycles. The molecule has 2 amide bonds. The first-order valence-electron chi connectivity index (χ1n) is 12.7. The molecule has 5 rings (SSSR count). The number of hydrogen-bond donors (Lipinski definition) is 2. The fourth-order valence-electron chi connectivity index (χ4n) is 6.42. The van der Waals surface area contributed by atoms with Crippen LogP contribution in [0.3, 0.4) is 0 Å². The first kappa shape index (κ1) is 23.1. The van der Waals surface area contributed by atoms with Crippen molar-refractivity contribution >= 4 is 23.2 Å². The van der Waals surface area contributed by atoms with Gasteiger partial charge in [-0.3, -0.25) is 24.6 Å². The monoisotopic (exact) mass is 470 g/mol. The highest BCUT2D eigenvalue weighted by molar-refractivity contribution is 6.01. The molecular formula is C25H34N4O5. The lowest BCUT2D eigenvalue weighted by atomic mass is 9.68. The number of benzene rings is 1. The van der Waals surface area contributed by atoms with Gasteiger partial charge < -0.3 is 15.4 Å². The molecule has 9 heteroatoms. The summed E-state index contributed by atoms with van der Waals surface area (Å²) in [6.07, 6.45) is 10.4. The van der Waals surface area contributed by atoms with Crippen molar-refractivity contribution in [2.45, 2.75) is 69.9 Å². The molecule has 3 saturated carbocycles. The molecule has 1 atom stereocenters. The van der Waals surface area contributed by atoms with E-state index in [1.54, 1.807) is 0 Å². The Morgan fingerprint density at radius 2 is 1.74 bits per heavy atom. The van der Waals surface area contributed by atoms with Gasteiger partial charge in [-0.25, -0.2) is 0 Å². The topological polar surface area (TPSA) is 114 Å². The second-order valence-electron chi connectivity index (χ2n) is 10.4. The lowest BCUT2D eigenvalue weighted by Crippen LogP contribution is -2.50. The van der Waals surface area contributed by atoms with Crippen molar-refractivity contribution in [2.75, 3.05) is 25.5 Å². The van der Waals surface area contributed by atoms with E-state index in [-0.39, 0.29) is 46.5 Å². The summed E-state index contributed by atoms with van der Waals surface area (Å²) < 4.78 is 5.39. The SMILES string of the molecule is COc1cc(NC(=O)C2CC2)c([N+](=O)[O-])cc1C(=O)N[C@H]1CCN(C2C3CCCC2CCC3)C1. The Balaban J connectivity index is 1.29. The fourth-order valence-corrected chi connectivity index (χ4v) is 6.42. The van der Waals surface area contributed by atoms with Crippen LogP contribution in [-0.2, 0) is 4.79 Å². The van der Waals surface area contributed by atoms with Crippen molar-refractivity contribution < 1.29 is 19.2 Å². The zero-order chi connectivity index (χ0) is 23.8. The standard InChI is InChI=1S/C25H34N4O5/c1-34-22-13-20(27-24(30)17-8-9-17)21(29(32)33)12-19(22)25(31)26-18-10-11-28(14-18)23-15-4-2-5-16(23)7-3-6-15/h12-13,15-18,23H,2-11,14H2,1H3,(H,26,31)(H,27,30)/t15?,16?,18-,23?/m0/s1. The second kappa shape index (κ2) is 9.52. The number of hydrogen-bond acceptors (Lipinski definition) is 6. The van der Waals surface area contributed by atoms with Crippen LogP contribution in [0.2, 0.25) is 0 Å². The summed E-state index contributed by atoms with van der Waals surface area (Å²) in [5.74, 6) is 1.07. The van der Waals surface area contributed by atoms with Crippen LogP contribution in [0.1, 0.15) is 68.1 Å². The molecule has 2 bridgehead atoms. The van der Waals surface area contributed by atoms with E-state index in [2.05, 4.69) is 15.5 Å². The normalized spacial score (nSPS) is 28.9. The average Bonchev–Trinajstić information content (AvgIpc) is 3.57. The number of fused-ring (bicyclic) bond motifs is 2. The molecule has 0 spiro atoms. The molecule has 184 valence electrons. The Hall–Kier alpha value is -2.68. The van der Waals surface area contributed by atoms with Crippen LogP contribution in [-0.4, -0.2) is 53.9 Å². The van der Waals surface area contributed by atoms with E-state index in [1.807, 2.05) is 0 Å². The predicted octanol–water partition coefficient (Wildman–Crippen LogP) is 3.72.